The second kappa shape index (κ2) is 11.1. The molecule has 0 heterocycles. The molecule has 1 fully saturated rings. The van der Waals surface area contributed by atoms with Gasteiger partial charge in [-0.2, -0.15) is 0 Å². The first-order valence-corrected chi connectivity index (χ1v) is 9.35. The number of carboxylic acid groups (broad SMARTS) is 2. The fourth-order valence-electron chi connectivity index (χ4n) is 3.08. The third kappa shape index (κ3) is 7.01. The fourth-order valence-corrected chi connectivity index (χ4v) is 3.60. The normalized spacial score (nSPS) is 21.3. The van der Waals surface area contributed by atoms with Crippen molar-refractivity contribution >= 4 is 46.7 Å². The standard InChI is InChI=1S/C16H22Cl2N2O.C2H2O4/c1-19(2)14-10-12(18)11-15(14)20(16(21)8-9-17)13-6-4-3-5-7-13;3-1(4)2(5)6/h3-7,12,14-15H,8-11H2,1-2H3;(H,3,4)(H,5,6)/t12?,14-,15+;/m0./s1. The Morgan fingerprint density at radius 1 is 1.04 bits per heavy atom. The summed E-state index contributed by atoms with van der Waals surface area (Å²) in [6.45, 7) is 0. The van der Waals surface area contributed by atoms with Crippen LogP contribution in [-0.4, -0.2) is 70.4 Å². The van der Waals surface area contributed by atoms with Crippen molar-refractivity contribution in [1.82, 2.24) is 4.90 Å². The molecule has 150 valence electrons. The molecular formula is C18H24Cl2N2O5. The molecule has 27 heavy (non-hydrogen) atoms. The van der Waals surface area contributed by atoms with Crippen molar-refractivity contribution < 1.29 is 24.6 Å². The number of hydrogen-bond donors (Lipinski definition) is 2. The summed E-state index contributed by atoms with van der Waals surface area (Å²) in [6, 6.07) is 10.2. The van der Waals surface area contributed by atoms with Crippen LogP contribution in [0.25, 0.3) is 0 Å². The number of anilines is 1. The van der Waals surface area contributed by atoms with E-state index in [2.05, 4.69) is 4.90 Å². The van der Waals surface area contributed by atoms with Crippen molar-refractivity contribution in [3.63, 3.8) is 0 Å². The van der Waals surface area contributed by atoms with Gasteiger partial charge in [0.2, 0.25) is 5.91 Å². The van der Waals surface area contributed by atoms with Crippen molar-refractivity contribution in [2.75, 3.05) is 24.9 Å². The second-order valence-electron chi connectivity index (χ2n) is 6.32. The van der Waals surface area contributed by atoms with Gasteiger partial charge in [0, 0.05) is 29.4 Å². The average Bonchev–Trinajstić information content (AvgIpc) is 2.98. The van der Waals surface area contributed by atoms with Crippen LogP contribution in [0.2, 0.25) is 0 Å². The third-order valence-electron chi connectivity index (χ3n) is 4.23. The van der Waals surface area contributed by atoms with Crippen LogP contribution in [0.4, 0.5) is 5.69 Å². The van der Waals surface area contributed by atoms with Gasteiger partial charge in [-0.25, -0.2) is 9.59 Å². The number of halogens is 2. The van der Waals surface area contributed by atoms with Crippen molar-refractivity contribution in [2.24, 2.45) is 0 Å². The molecule has 1 unspecified atom stereocenters. The van der Waals surface area contributed by atoms with Gasteiger partial charge in [0.05, 0.1) is 6.04 Å². The molecule has 7 nitrogen and oxygen atoms in total. The zero-order valence-electron chi connectivity index (χ0n) is 15.2. The van der Waals surface area contributed by atoms with Crippen molar-refractivity contribution in [1.29, 1.82) is 0 Å². The molecule has 0 radical (unpaired) electrons. The zero-order chi connectivity index (χ0) is 20.6. The monoisotopic (exact) mass is 418 g/mol. The quantitative estimate of drug-likeness (QED) is 0.562. The van der Waals surface area contributed by atoms with E-state index in [4.69, 9.17) is 43.0 Å². The van der Waals surface area contributed by atoms with E-state index in [1.807, 2.05) is 49.3 Å². The first-order chi connectivity index (χ1) is 12.7. The van der Waals surface area contributed by atoms with Gasteiger partial charge in [0.15, 0.2) is 0 Å². The lowest BCUT2D eigenvalue weighted by Crippen LogP contribution is -2.49. The van der Waals surface area contributed by atoms with E-state index in [9.17, 15) is 4.79 Å². The van der Waals surface area contributed by atoms with E-state index in [0.717, 1.165) is 18.5 Å². The van der Waals surface area contributed by atoms with Gasteiger partial charge in [-0.3, -0.25) is 4.79 Å². The molecule has 1 aliphatic carbocycles. The van der Waals surface area contributed by atoms with Crippen LogP contribution >= 0.6 is 23.2 Å². The average molecular weight is 419 g/mol. The van der Waals surface area contributed by atoms with Crippen LogP contribution in [0.5, 0.6) is 0 Å². The molecule has 2 rings (SSSR count). The smallest absolute Gasteiger partial charge is 0.414 e. The molecule has 1 aromatic carbocycles. The zero-order valence-corrected chi connectivity index (χ0v) is 16.7. The summed E-state index contributed by atoms with van der Waals surface area (Å²) in [5.74, 6) is -3.24. The van der Waals surface area contributed by atoms with E-state index < -0.39 is 11.9 Å². The summed E-state index contributed by atoms with van der Waals surface area (Å²) in [5, 5.41) is 14.9. The summed E-state index contributed by atoms with van der Waals surface area (Å²) in [4.78, 5) is 34.8. The number of nitrogens with zero attached hydrogens (tertiary/aromatic N) is 2. The van der Waals surface area contributed by atoms with Crippen LogP contribution in [0.1, 0.15) is 19.3 Å². The van der Waals surface area contributed by atoms with Crippen LogP contribution in [0.3, 0.4) is 0 Å². The maximum atomic E-state index is 12.6. The third-order valence-corrected chi connectivity index (χ3v) is 4.77. The molecule has 0 aliphatic heterocycles. The number of benzene rings is 1. The van der Waals surface area contributed by atoms with Gasteiger partial charge in [-0.05, 0) is 39.1 Å². The molecule has 1 saturated carbocycles. The maximum Gasteiger partial charge on any atom is 0.414 e. The molecule has 0 saturated heterocycles. The highest BCUT2D eigenvalue weighted by Gasteiger charge is 2.40. The molecule has 0 aromatic heterocycles. The van der Waals surface area contributed by atoms with Gasteiger partial charge in [-0.1, -0.05) is 18.2 Å². The van der Waals surface area contributed by atoms with Crippen LogP contribution in [-0.2, 0) is 14.4 Å². The molecule has 3 atom stereocenters. The van der Waals surface area contributed by atoms with E-state index in [1.54, 1.807) is 0 Å². The summed E-state index contributed by atoms with van der Waals surface area (Å²) in [7, 11) is 4.09. The number of aliphatic carboxylic acids is 2. The number of alkyl halides is 2. The minimum absolute atomic E-state index is 0.0683. The van der Waals surface area contributed by atoms with Crippen LogP contribution < -0.4 is 4.90 Å². The molecule has 0 spiro atoms. The molecule has 1 aliphatic rings. The summed E-state index contributed by atoms with van der Waals surface area (Å²) in [6.07, 6.45) is 2.06. The number of carbonyl (C=O) groups is 3. The maximum absolute atomic E-state index is 12.6. The minimum atomic E-state index is -1.82. The summed E-state index contributed by atoms with van der Waals surface area (Å²) >= 11 is 12.1. The van der Waals surface area contributed by atoms with E-state index >= 15 is 0 Å². The molecule has 9 heteroatoms. The van der Waals surface area contributed by atoms with Gasteiger partial charge >= 0.3 is 11.9 Å². The van der Waals surface area contributed by atoms with E-state index in [-0.39, 0.29) is 23.4 Å². The number of para-hydroxylation sites is 1. The SMILES string of the molecule is CN(C)[C@H]1CC(Cl)C[C@H]1N(C(=O)CCCl)c1ccccc1.O=C(O)C(=O)O. The van der Waals surface area contributed by atoms with Gasteiger partial charge in [0.25, 0.3) is 0 Å². The highest BCUT2D eigenvalue weighted by Crippen LogP contribution is 2.34. The van der Waals surface area contributed by atoms with Crippen LogP contribution in [0, 0.1) is 0 Å². The summed E-state index contributed by atoms with van der Waals surface area (Å²) in [5.41, 5.74) is 0.926. The van der Waals surface area contributed by atoms with Gasteiger partial charge < -0.3 is 20.0 Å². The number of likely N-dealkylation sites (N-methyl/N-ethyl adjacent to an activating group) is 1. The number of rotatable bonds is 5. The highest BCUT2D eigenvalue weighted by atomic mass is 35.5. The van der Waals surface area contributed by atoms with Crippen molar-refractivity contribution in [2.45, 2.75) is 36.7 Å². The Labute approximate surface area is 168 Å². The lowest BCUT2D eigenvalue weighted by atomic mass is 10.1. The Kier molecular flexibility index (Phi) is 9.55. The molecular weight excluding hydrogens is 395 g/mol. The Morgan fingerprint density at radius 2 is 1.56 bits per heavy atom. The Bertz CT molecular complexity index is 630. The van der Waals surface area contributed by atoms with E-state index in [0.29, 0.717) is 12.3 Å². The minimum Gasteiger partial charge on any atom is -0.473 e. The predicted molar refractivity (Wildman–Crippen MR) is 105 cm³/mol. The number of carbonyl (C=O) groups excluding carboxylic acids is 1. The Morgan fingerprint density at radius 3 is 2.00 bits per heavy atom. The van der Waals surface area contributed by atoms with Crippen LogP contribution in [0.15, 0.2) is 30.3 Å². The predicted octanol–water partition coefficient (Wildman–Crippen LogP) is 2.50. The van der Waals surface area contributed by atoms with Crippen molar-refractivity contribution in [3.8, 4) is 0 Å². The number of hydrogen-bond acceptors (Lipinski definition) is 4. The number of amides is 1. The lowest BCUT2D eigenvalue weighted by Gasteiger charge is -2.36. The molecule has 1 aromatic rings. The largest absolute Gasteiger partial charge is 0.473 e. The Balaban J connectivity index is 0.000000527. The topological polar surface area (TPSA) is 98.2 Å². The molecule has 0 bridgehead atoms. The fraction of sp³-hybridized carbons (Fsp3) is 0.500. The first kappa shape index (κ1) is 23.2. The lowest BCUT2D eigenvalue weighted by molar-refractivity contribution is -0.159. The first-order valence-electron chi connectivity index (χ1n) is 8.38. The van der Waals surface area contributed by atoms with Crippen molar-refractivity contribution in [3.05, 3.63) is 30.3 Å². The number of carboxylic acids is 2. The second-order valence-corrected chi connectivity index (χ2v) is 7.31. The summed E-state index contributed by atoms with van der Waals surface area (Å²) < 4.78 is 0. The van der Waals surface area contributed by atoms with Gasteiger partial charge in [0.1, 0.15) is 0 Å². The molecule has 1 amide bonds. The Hall–Kier alpha value is -1.83. The molecule has 2 N–H and O–H groups in total. The van der Waals surface area contributed by atoms with Gasteiger partial charge in [-0.15, -0.1) is 23.2 Å². The van der Waals surface area contributed by atoms with E-state index in [1.165, 1.54) is 0 Å². The highest BCUT2D eigenvalue weighted by molar-refractivity contribution is 6.27.